The van der Waals surface area contributed by atoms with Crippen molar-refractivity contribution < 1.29 is 0 Å². The number of allylic oxidation sites excluding steroid dienone is 2. The van der Waals surface area contributed by atoms with Gasteiger partial charge in [0.25, 0.3) is 0 Å². The lowest BCUT2D eigenvalue weighted by atomic mass is 9.81. The number of rotatable bonds is 4. The van der Waals surface area contributed by atoms with Crippen LogP contribution in [0.1, 0.15) is 42.0 Å². The van der Waals surface area contributed by atoms with Crippen LogP contribution in [0.5, 0.6) is 0 Å². The molecule has 0 saturated carbocycles. The fraction of sp³-hybridized carbons (Fsp3) is 0.140. The Hall–Kier alpha value is -5.61. The molecule has 1 aliphatic heterocycles. The molecule has 47 heavy (non-hydrogen) atoms. The maximum absolute atomic E-state index is 5.06. The van der Waals surface area contributed by atoms with E-state index in [4.69, 9.17) is 15.0 Å². The van der Waals surface area contributed by atoms with Crippen molar-refractivity contribution in [2.24, 2.45) is 0 Å². The van der Waals surface area contributed by atoms with Crippen molar-refractivity contribution in [3.05, 3.63) is 162 Å². The Bertz CT molecular complexity index is 2190. The maximum atomic E-state index is 5.06. The zero-order chi connectivity index (χ0) is 31.7. The van der Waals surface area contributed by atoms with E-state index in [-0.39, 0.29) is 17.4 Å². The molecule has 2 aliphatic carbocycles. The van der Waals surface area contributed by atoms with E-state index in [2.05, 4.69) is 129 Å². The van der Waals surface area contributed by atoms with Gasteiger partial charge < -0.3 is 4.90 Å². The number of nitrogens with zero attached hydrogens (tertiary/aromatic N) is 4. The number of aromatic nitrogens is 3. The fourth-order valence-electron chi connectivity index (χ4n) is 7.80. The van der Waals surface area contributed by atoms with Gasteiger partial charge in [-0.05, 0) is 70.6 Å². The maximum Gasteiger partial charge on any atom is 0.164 e. The summed E-state index contributed by atoms with van der Waals surface area (Å²) in [5.41, 5.74) is 13.3. The van der Waals surface area contributed by atoms with Crippen molar-refractivity contribution >= 4 is 11.4 Å². The Balaban J connectivity index is 1.22. The van der Waals surface area contributed by atoms with Crippen LogP contribution in [-0.2, 0) is 5.41 Å². The molecule has 6 aromatic rings. The van der Waals surface area contributed by atoms with Gasteiger partial charge in [-0.3, -0.25) is 0 Å². The minimum Gasteiger partial charge on any atom is -0.333 e. The first-order valence-electron chi connectivity index (χ1n) is 16.4. The molecule has 0 amide bonds. The normalized spacial score (nSPS) is 18.1. The molecular weight excluding hydrogens is 573 g/mol. The molecule has 0 fully saturated rings. The monoisotopic (exact) mass is 606 g/mol. The molecule has 4 nitrogen and oxygen atoms in total. The summed E-state index contributed by atoms with van der Waals surface area (Å²) in [7, 11) is 0. The fourth-order valence-corrected chi connectivity index (χ4v) is 7.80. The first-order valence-corrected chi connectivity index (χ1v) is 16.4. The summed E-state index contributed by atoms with van der Waals surface area (Å²) < 4.78 is 0. The average Bonchev–Trinajstić information content (AvgIpc) is 3.56. The second-order valence-corrected chi connectivity index (χ2v) is 13.4. The number of aryl methyl sites for hydroxylation is 1. The summed E-state index contributed by atoms with van der Waals surface area (Å²) in [4.78, 5) is 17.6. The van der Waals surface area contributed by atoms with E-state index in [0.29, 0.717) is 17.5 Å². The van der Waals surface area contributed by atoms with E-state index in [0.717, 1.165) is 27.9 Å². The van der Waals surface area contributed by atoms with E-state index in [1.54, 1.807) is 0 Å². The van der Waals surface area contributed by atoms with Crippen molar-refractivity contribution in [1.82, 2.24) is 15.0 Å². The van der Waals surface area contributed by atoms with Crippen molar-refractivity contribution in [1.29, 1.82) is 0 Å². The molecule has 226 valence electrons. The molecule has 9 rings (SSSR count). The van der Waals surface area contributed by atoms with E-state index >= 15 is 0 Å². The molecule has 4 heteroatoms. The highest BCUT2D eigenvalue weighted by Gasteiger charge is 2.42. The van der Waals surface area contributed by atoms with Gasteiger partial charge in [0.05, 0.1) is 6.04 Å². The zero-order valence-corrected chi connectivity index (χ0v) is 26.7. The van der Waals surface area contributed by atoms with Crippen LogP contribution in [0.25, 0.3) is 45.3 Å². The van der Waals surface area contributed by atoms with E-state index in [1.165, 1.54) is 33.5 Å². The zero-order valence-electron chi connectivity index (χ0n) is 26.7. The second kappa shape index (κ2) is 10.5. The highest BCUT2D eigenvalue weighted by molar-refractivity contribution is 5.88. The van der Waals surface area contributed by atoms with E-state index in [9.17, 15) is 0 Å². The van der Waals surface area contributed by atoms with Crippen molar-refractivity contribution in [3.8, 4) is 45.3 Å². The van der Waals surface area contributed by atoms with Crippen LogP contribution < -0.4 is 4.90 Å². The molecule has 0 bridgehead atoms. The van der Waals surface area contributed by atoms with Gasteiger partial charge in [-0.2, -0.15) is 0 Å². The summed E-state index contributed by atoms with van der Waals surface area (Å²) in [6.07, 6.45) is 9.10. The minimum absolute atomic E-state index is 0.0730. The molecule has 0 N–H and O–H groups in total. The number of benzene rings is 5. The van der Waals surface area contributed by atoms with Gasteiger partial charge in [0, 0.05) is 39.4 Å². The van der Waals surface area contributed by atoms with Crippen LogP contribution in [0.3, 0.4) is 0 Å². The molecule has 2 unspecified atom stereocenters. The van der Waals surface area contributed by atoms with Crippen LogP contribution in [0.15, 0.2) is 140 Å². The van der Waals surface area contributed by atoms with Crippen molar-refractivity contribution in [3.63, 3.8) is 0 Å². The summed E-state index contributed by atoms with van der Waals surface area (Å²) in [6.45, 7) is 6.88. The number of anilines is 2. The Morgan fingerprint density at radius 2 is 1.19 bits per heavy atom. The third-order valence-corrected chi connectivity index (χ3v) is 10.1. The summed E-state index contributed by atoms with van der Waals surface area (Å²) >= 11 is 0. The van der Waals surface area contributed by atoms with Crippen molar-refractivity contribution in [2.45, 2.75) is 38.1 Å². The molecule has 2 heterocycles. The lowest BCUT2D eigenvalue weighted by Gasteiger charge is -2.30. The SMILES string of the molecule is Cc1cc(-c2nc(-c3ccccc3)nc(-c3ccccc3)n2)cc(N2c3cc4c(cc3C3C=CC=CC32)-c2ccccc2C4(C)C)c1. The minimum atomic E-state index is -0.0730. The van der Waals surface area contributed by atoms with Gasteiger partial charge in [-0.25, -0.2) is 15.0 Å². The first-order chi connectivity index (χ1) is 23.0. The lowest BCUT2D eigenvalue weighted by Crippen LogP contribution is -2.28. The Morgan fingerprint density at radius 3 is 1.89 bits per heavy atom. The van der Waals surface area contributed by atoms with Gasteiger partial charge in [0.15, 0.2) is 17.5 Å². The van der Waals surface area contributed by atoms with E-state index < -0.39 is 0 Å². The molecule has 0 radical (unpaired) electrons. The number of hydrogen-bond donors (Lipinski definition) is 0. The van der Waals surface area contributed by atoms with Crippen LogP contribution in [0.2, 0.25) is 0 Å². The third kappa shape index (κ3) is 4.39. The van der Waals surface area contributed by atoms with Gasteiger partial charge in [0.1, 0.15) is 0 Å². The quantitative estimate of drug-likeness (QED) is 0.200. The molecular formula is C43H34N4. The third-order valence-electron chi connectivity index (χ3n) is 10.1. The summed E-state index contributed by atoms with van der Waals surface area (Å²) in [6, 6.07) is 41.1. The number of fused-ring (bicyclic) bond motifs is 6. The highest BCUT2D eigenvalue weighted by Crippen LogP contribution is 2.55. The lowest BCUT2D eigenvalue weighted by molar-refractivity contribution is 0.660. The van der Waals surface area contributed by atoms with Crippen LogP contribution in [-0.4, -0.2) is 21.0 Å². The highest BCUT2D eigenvalue weighted by atomic mass is 15.2. The van der Waals surface area contributed by atoms with Crippen LogP contribution in [0.4, 0.5) is 11.4 Å². The first kappa shape index (κ1) is 27.7. The molecule has 5 aromatic carbocycles. The predicted molar refractivity (Wildman–Crippen MR) is 192 cm³/mol. The molecule has 0 spiro atoms. The topological polar surface area (TPSA) is 41.9 Å². The predicted octanol–water partition coefficient (Wildman–Crippen LogP) is 10.2. The van der Waals surface area contributed by atoms with Crippen LogP contribution >= 0.6 is 0 Å². The molecule has 1 aromatic heterocycles. The van der Waals surface area contributed by atoms with Gasteiger partial charge in [-0.15, -0.1) is 0 Å². The van der Waals surface area contributed by atoms with Gasteiger partial charge >= 0.3 is 0 Å². The van der Waals surface area contributed by atoms with Crippen molar-refractivity contribution in [2.75, 3.05) is 4.90 Å². The smallest absolute Gasteiger partial charge is 0.164 e. The standard InChI is InChI=1S/C43H34N4/c1-27-22-30(42-45-40(28-14-6-4-7-15-28)44-41(46-42)29-16-8-5-9-17-29)24-31(23-27)47-38-21-13-11-19-33(38)35-25-34-32-18-10-12-20-36(32)43(2,3)37(34)26-39(35)47/h4-26,33,38H,1-3H3. The molecule has 3 aliphatic rings. The Kier molecular flexibility index (Phi) is 6.16. The largest absolute Gasteiger partial charge is 0.333 e. The summed E-state index contributed by atoms with van der Waals surface area (Å²) in [5.74, 6) is 2.28. The van der Waals surface area contributed by atoms with Crippen LogP contribution in [0, 0.1) is 6.92 Å². The summed E-state index contributed by atoms with van der Waals surface area (Å²) in [5, 5.41) is 0. The molecule has 0 saturated heterocycles. The second-order valence-electron chi connectivity index (χ2n) is 13.4. The van der Waals surface area contributed by atoms with Gasteiger partial charge in [0.2, 0.25) is 0 Å². The average molecular weight is 607 g/mol. The van der Waals surface area contributed by atoms with Gasteiger partial charge in [-0.1, -0.05) is 123 Å². The van der Waals surface area contributed by atoms with E-state index in [1.807, 2.05) is 36.4 Å². The Morgan fingerprint density at radius 1 is 0.574 bits per heavy atom. The Labute approximate surface area is 275 Å². The molecule has 2 atom stereocenters. The number of hydrogen-bond acceptors (Lipinski definition) is 4.